The zero-order valence-electron chi connectivity index (χ0n) is 21.4. The first kappa shape index (κ1) is 24.0. The van der Waals surface area contributed by atoms with Gasteiger partial charge >= 0.3 is 5.97 Å². The molecule has 2 fully saturated rings. The Morgan fingerprint density at radius 1 is 0.917 bits per heavy atom. The topological polar surface area (TPSA) is 84.0 Å². The predicted molar refractivity (Wildman–Crippen MR) is 137 cm³/mol. The van der Waals surface area contributed by atoms with E-state index in [-0.39, 0.29) is 17.0 Å². The first-order valence-corrected chi connectivity index (χ1v) is 12.1. The van der Waals surface area contributed by atoms with Crippen molar-refractivity contribution in [1.29, 1.82) is 0 Å². The SMILES string of the molecule is COC(=O)c1ccccc1N1C(=O)[C@@H]2[C@H](C1=O)[C@H](C(=O)C(C)(C)C)N1c3ccc(C)cc3C(C)=C[C@H]21. The Morgan fingerprint density at radius 3 is 2.25 bits per heavy atom. The van der Waals surface area contributed by atoms with E-state index < -0.39 is 47.1 Å². The average Bonchev–Trinajstić information content (AvgIpc) is 3.30. The molecule has 4 atom stereocenters. The molecule has 186 valence electrons. The lowest BCUT2D eigenvalue weighted by Crippen LogP contribution is -2.51. The van der Waals surface area contributed by atoms with Gasteiger partial charge in [-0.2, -0.15) is 0 Å². The van der Waals surface area contributed by atoms with Gasteiger partial charge in [-0.25, -0.2) is 9.69 Å². The lowest BCUT2D eigenvalue weighted by Gasteiger charge is -2.39. The van der Waals surface area contributed by atoms with Gasteiger partial charge in [0.15, 0.2) is 5.78 Å². The molecule has 3 aliphatic heterocycles. The highest BCUT2D eigenvalue weighted by molar-refractivity contribution is 6.26. The summed E-state index contributed by atoms with van der Waals surface area (Å²) in [7, 11) is 1.26. The molecule has 3 heterocycles. The van der Waals surface area contributed by atoms with Gasteiger partial charge in [-0.3, -0.25) is 14.4 Å². The molecule has 7 heteroatoms. The second-order valence-electron chi connectivity index (χ2n) is 10.9. The second kappa shape index (κ2) is 8.15. The number of nitrogens with zero attached hydrogens (tertiary/aromatic N) is 2. The fourth-order valence-corrected chi connectivity index (χ4v) is 5.89. The van der Waals surface area contributed by atoms with Gasteiger partial charge in [0.05, 0.1) is 36.2 Å². The maximum Gasteiger partial charge on any atom is 0.339 e. The molecule has 2 saturated heterocycles. The number of benzene rings is 2. The van der Waals surface area contributed by atoms with Crippen LogP contribution in [0.3, 0.4) is 0 Å². The number of carbonyl (C=O) groups excluding carboxylic acids is 4. The quantitative estimate of drug-likeness (QED) is 0.478. The third kappa shape index (κ3) is 3.33. The predicted octanol–water partition coefficient (Wildman–Crippen LogP) is 4.18. The number of hydrogen-bond acceptors (Lipinski definition) is 6. The van der Waals surface area contributed by atoms with E-state index in [9.17, 15) is 19.2 Å². The normalized spacial score (nSPS) is 24.8. The molecule has 2 aromatic carbocycles. The number of Topliss-reactive ketones (excluding diaryl/α,β-unsaturated/α-hetero) is 1. The van der Waals surface area contributed by atoms with Crippen LogP contribution in [0.15, 0.2) is 48.5 Å². The first-order valence-electron chi connectivity index (χ1n) is 12.1. The van der Waals surface area contributed by atoms with Gasteiger partial charge in [-0.1, -0.05) is 50.6 Å². The second-order valence-corrected chi connectivity index (χ2v) is 10.9. The summed E-state index contributed by atoms with van der Waals surface area (Å²) in [5.41, 5.74) is 3.56. The minimum atomic E-state index is -0.865. The number of allylic oxidation sites excluding steroid dienone is 1. The van der Waals surface area contributed by atoms with Gasteiger partial charge in [-0.15, -0.1) is 0 Å². The smallest absolute Gasteiger partial charge is 0.339 e. The van der Waals surface area contributed by atoms with E-state index in [0.717, 1.165) is 27.3 Å². The van der Waals surface area contributed by atoms with Crippen molar-refractivity contribution in [3.63, 3.8) is 0 Å². The molecule has 7 nitrogen and oxygen atoms in total. The van der Waals surface area contributed by atoms with Gasteiger partial charge in [0.25, 0.3) is 0 Å². The first-order chi connectivity index (χ1) is 17.0. The zero-order valence-corrected chi connectivity index (χ0v) is 21.4. The molecule has 0 spiro atoms. The highest BCUT2D eigenvalue weighted by atomic mass is 16.5. The number of fused-ring (bicyclic) bond motifs is 5. The molecule has 2 amide bonds. The Morgan fingerprint density at radius 2 is 1.58 bits per heavy atom. The van der Waals surface area contributed by atoms with Crippen molar-refractivity contribution in [2.45, 2.75) is 46.7 Å². The van der Waals surface area contributed by atoms with Crippen molar-refractivity contribution < 1.29 is 23.9 Å². The lowest BCUT2D eigenvalue weighted by atomic mass is 9.79. The third-order valence-electron chi connectivity index (χ3n) is 7.56. The number of methoxy groups -OCH3 is 1. The maximum atomic E-state index is 14.0. The minimum Gasteiger partial charge on any atom is -0.465 e. The van der Waals surface area contributed by atoms with E-state index >= 15 is 0 Å². The van der Waals surface area contributed by atoms with Crippen LogP contribution in [-0.2, 0) is 19.1 Å². The molecule has 0 N–H and O–H groups in total. The molecule has 0 bridgehead atoms. The Hall–Kier alpha value is -3.74. The molecule has 0 aliphatic carbocycles. The number of anilines is 2. The number of rotatable bonds is 3. The molecule has 0 saturated carbocycles. The standard InChI is InChI=1S/C29H30N2O5/c1-15-11-12-20-18(13-15)16(2)14-21-22-23(24(30(20)21)25(32)29(3,4)5)27(34)31(26(22)33)19-10-8-7-9-17(19)28(35)36-6/h7-14,21-24H,1-6H3/t21-,22+,23+,24-/m1/s1. The molecule has 3 aliphatic rings. The number of hydrogen-bond donors (Lipinski definition) is 0. The van der Waals surface area contributed by atoms with Crippen LogP contribution < -0.4 is 9.80 Å². The molecule has 5 rings (SSSR count). The van der Waals surface area contributed by atoms with Crippen LogP contribution >= 0.6 is 0 Å². The third-order valence-corrected chi connectivity index (χ3v) is 7.56. The van der Waals surface area contributed by atoms with Gasteiger partial charge in [0.1, 0.15) is 6.04 Å². The van der Waals surface area contributed by atoms with Crippen LogP contribution in [0.5, 0.6) is 0 Å². The summed E-state index contributed by atoms with van der Waals surface area (Å²) in [5.74, 6) is -3.20. The molecule has 2 aromatic rings. The number of ether oxygens (including phenoxy) is 1. The Kier molecular flexibility index (Phi) is 5.43. The zero-order chi connectivity index (χ0) is 26.1. The largest absolute Gasteiger partial charge is 0.465 e. The van der Waals surface area contributed by atoms with Crippen molar-refractivity contribution in [1.82, 2.24) is 0 Å². The molecule has 0 aromatic heterocycles. The van der Waals surface area contributed by atoms with Crippen LogP contribution in [0.2, 0.25) is 0 Å². The van der Waals surface area contributed by atoms with Crippen LogP contribution in [0.25, 0.3) is 5.57 Å². The van der Waals surface area contributed by atoms with E-state index in [1.54, 1.807) is 18.2 Å². The Bertz CT molecular complexity index is 1350. The fourth-order valence-electron chi connectivity index (χ4n) is 5.89. The van der Waals surface area contributed by atoms with Crippen molar-refractivity contribution in [2.24, 2.45) is 17.3 Å². The summed E-state index contributed by atoms with van der Waals surface area (Å²) in [5, 5.41) is 0. The number of esters is 1. The van der Waals surface area contributed by atoms with Crippen molar-refractivity contribution >= 4 is 40.5 Å². The molecule has 36 heavy (non-hydrogen) atoms. The summed E-state index contributed by atoms with van der Waals surface area (Å²) in [6.07, 6.45) is 2.01. The number of amides is 2. The van der Waals surface area contributed by atoms with Crippen LogP contribution in [-0.4, -0.2) is 42.8 Å². The van der Waals surface area contributed by atoms with Crippen molar-refractivity contribution in [3.05, 3.63) is 65.2 Å². The van der Waals surface area contributed by atoms with Crippen molar-refractivity contribution in [3.8, 4) is 0 Å². The highest BCUT2D eigenvalue weighted by Gasteiger charge is 2.65. The monoisotopic (exact) mass is 486 g/mol. The van der Waals surface area contributed by atoms with Gasteiger partial charge < -0.3 is 9.64 Å². The van der Waals surface area contributed by atoms with Crippen molar-refractivity contribution in [2.75, 3.05) is 16.9 Å². The van der Waals surface area contributed by atoms with E-state index in [1.165, 1.54) is 13.2 Å². The van der Waals surface area contributed by atoms with E-state index in [0.29, 0.717) is 0 Å². The maximum absolute atomic E-state index is 14.0. The van der Waals surface area contributed by atoms with Gasteiger partial charge in [0, 0.05) is 16.7 Å². The summed E-state index contributed by atoms with van der Waals surface area (Å²) in [6, 6.07) is 11.2. The molecular weight excluding hydrogens is 456 g/mol. The summed E-state index contributed by atoms with van der Waals surface area (Å²) >= 11 is 0. The van der Waals surface area contributed by atoms with Gasteiger partial charge in [0.2, 0.25) is 11.8 Å². The highest BCUT2D eigenvalue weighted by Crippen LogP contribution is 2.52. The molecule has 0 radical (unpaired) electrons. The average molecular weight is 487 g/mol. The number of para-hydroxylation sites is 1. The summed E-state index contributed by atoms with van der Waals surface area (Å²) in [6.45, 7) is 9.52. The minimum absolute atomic E-state index is 0.0938. The number of aryl methyl sites for hydroxylation is 1. The lowest BCUT2D eigenvalue weighted by molar-refractivity contribution is -0.132. The molecular formula is C29H30N2O5. The Labute approximate surface area is 210 Å². The van der Waals surface area contributed by atoms with Crippen LogP contribution in [0, 0.1) is 24.2 Å². The van der Waals surface area contributed by atoms with Crippen LogP contribution in [0.4, 0.5) is 11.4 Å². The number of ketones is 1. The summed E-state index contributed by atoms with van der Waals surface area (Å²) < 4.78 is 4.89. The Balaban J connectivity index is 1.69. The number of carbonyl (C=O) groups is 4. The van der Waals surface area contributed by atoms with E-state index in [2.05, 4.69) is 6.07 Å². The summed E-state index contributed by atoms with van der Waals surface area (Å²) in [4.78, 5) is 57.5. The fraction of sp³-hybridized carbons (Fsp3) is 0.379. The number of imide groups is 1. The van der Waals surface area contributed by atoms with E-state index in [4.69, 9.17) is 4.74 Å². The van der Waals surface area contributed by atoms with Crippen LogP contribution in [0.1, 0.15) is 49.2 Å². The van der Waals surface area contributed by atoms with E-state index in [1.807, 2.05) is 57.7 Å². The van der Waals surface area contributed by atoms with Gasteiger partial charge in [-0.05, 0) is 43.7 Å². The molecule has 0 unspecified atom stereocenters.